The molecule has 0 saturated carbocycles. The quantitative estimate of drug-likeness (QED) is 0.550. The van der Waals surface area contributed by atoms with Crippen LogP contribution in [-0.2, 0) is 0 Å². The molecule has 0 amide bonds. The highest BCUT2D eigenvalue weighted by atomic mass is 16.3. The van der Waals surface area contributed by atoms with Gasteiger partial charge in [-0.1, -0.05) is 12.1 Å². The molecule has 78 valence electrons. The summed E-state index contributed by atoms with van der Waals surface area (Å²) in [7, 11) is 0. The number of hydrazine groups is 1. The van der Waals surface area contributed by atoms with Crippen molar-refractivity contribution >= 4 is 5.70 Å². The van der Waals surface area contributed by atoms with E-state index in [2.05, 4.69) is 10.9 Å². The van der Waals surface area contributed by atoms with Crippen LogP contribution in [0.4, 0.5) is 0 Å². The molecule has 0 aromatic heterocycles. The summed E-state index contributed by atoms with van der Waals surface area (Å²) in [5.74, 6) is 0.834. The van der Waals surface area contributed by atoms with Gasteiger partial charge in [0, 0.05) is 5.56 Å². The summed E-state index contributed by atoms with van der Waals surface area (Å²) in [5.41, 5.74) is 13.9. The van der Waals surface area contributed by atoms with Crippen molar-refractivity contribution in [3.05, 3.63) is 47.3 Å². The van der Waals surface area contributed by atoms with E-state index in [-0.39, 0.29) is 5.75 Å². The Balaban J connectivity index is 2.42. The van der Waals surface area contributed by atoms with Crippen molar-refractivity contribution in [1.82, 2.24) is 10.9 Å². The molecule has 15 heavy (non-hydrogen) atoms. The fourth-order valence-electron chi connectivity index (χ4n) is 1.41. The van der Waals surface area contributed by atoms with E-state index in [1.165, 1.54) is 0 Å². The highest BCUT2D eigenvalue weighted by molar-refractivity contribution is 5.71. The fraction of sp³-hybridized carbons (Fsp3) is 0.0909. The van der Waals surface area contributed by atoms with Crippen LogP contribution in [0.5, 0.6) is 5.75 Å². The van der Waals surface area contributed by atoms with Gasteiger partial charge < -0.3 is 10.8 Å². The van der Waals surface area contributed by atoms with Crippen LogP contribution in [0.1, 0.15) is 12.5 Å². The molecule has 1 heterocycles. The molecule has 1 aliphatic rings. The van der Waals surface area contributed by atoms with Crippen LogP contribution in [0.15, 0.2) is 41.7 Å². The molecule has 0 aliphatic carbocycles. The number of benzene rings is 1. The van der Waals surface area contributed by atoms with E-state index in [1.54, 1.807) is 12.1 Å². The molecule has 4 heteroatoms. The van der Waals surface area contributed by atoms with Crippen LogP contribution in [0.2, 0.25) is 0 Å². The predicted molar refractivity (Wildman–Crippen MR) is 59.2 cm³/mol. The molecule has 1 aromatic carbocycles. The molecule has 1 aliphatic heterocycles. The third-order valence-electron chi connectivity index (χ3n) is 2.31. The topological polar surface area (TPSA) is 70.3 Å². The second kappa shape index (κ2) is 3.57. The lowest BCUT2D eigenvalue weighted by Crippen LogP contribution is -2.36. The van der Waals surface area contributed by atoms with Gasteiger partial charge in [-0.3, -0.25) is 10.9 Å². The number of phenols is 1. The second-order valence-electron chi connectivity index (χ2n) is 3.42. The van der Waals surface area contributed by atoms with Crippen LogP contribution in [-0.4, -0.2) is 5.11 Å². The van der Waals surface area contributed by atoms with Crippen molar-refractivity contribution < 1.29 is 5.11 Å². The Morgan fingerprint density at radius 2 is 1.93 bits per heavy atom. The Kier molecular flexibility index (Phi) is 2.25. The maximum absolute atomic E-state index is 9.66. The second-order valence-corrected chi connectivity index (χ2v) is 3.42. The van der Waals surface area contributed by atoms with Gasteiger partial charge in [-0.2, -0.15) is 0 Å². The molecule has 0 bridgehead atoms. The molecule has 0 fully saturated rings. The molecule has 0 spiro atoms. The summed E-state index contributed by atoms with van der Waals surface area (Å²) in [6, 6.07) is 7.14. The number of para-hydroxylation sites is 1. The summed E-state index contributed by atoms with van der Waals surface area (Å²) in [6.07, 6.45) is 1.89. The number of nitrogens with one attached hydrogen (secondary N) is 2. The molecule has 4 nitrogen and oxygen atoms in total. The van der Waals surface area contributed by atoms with Crippen molar-refractivity contribution in [3.8, 4) is 5.75 Å². The minimum Gasteiger partial charge on any atom is -0.507 e. The van der Waals surface area contributed by atoms with Crippen molar-refractivity contribution in [2.45, 2.75) is 6.92 Å². The van der Waals surface area contributed by atoms with Gasteiger partial charge in [0.15, 0.2) is 0 Å². The summed E-state index contributed by atoms with van der Waals surface area (Å²) in [6.45, 7) is 1.91. The highest BCUT2D eigenvalue weighted by Crippen LogP contribution is 2.24. The number of aromatic hydroxyl groups is 1. The average molecular weight is 203 g/mol. The molecule has 5 N–H and O–H groups in total. The molecule has 0 saturated heterocycles. The maximum Gasteiger partial charge on any atom is 0.124 e. The molecule has 0 atom stereocenters. The van der Waals surface area contributed by atoms with Gasteiger partial charge in [-0.15, -0.1) is 0 Å². The summed E-state index contributed by atoms with van der Waals surface area (Å²) in [5, 5.41) is 9.66. The molecule has 0 radical (unpaired) electrons. The minimum atomic E-state index is 0.242. The Morgan fingerprint density at radius 3 is 2.60 bits per heavy atom. The lowest BCUT2D eigenvalue weighted by Gasteiger charge is -2.20. The summed E-state index contributed by atoms with van der Waals surface area (Å²) in [4.78, 5) is 0. The van der Waals surface area contributed by atoms with E-state index in [0.717, 1.165) is 16.8 Å². The lowest BCUT2D eigenvalue weighted by molar-refractivity contribution is 0.472. The number of hydrogen-bond donors (Lipinski definition) is 4. The van der Waals surface area contributed by atoms with Crippen molar-refractivity contribution in [2.75, 3.05) is 0 Å². The van der Waals surface area contributed by atoms with Crippen LogP contribution in [0.25, 0.3) is 5.70 Å². The highest BCUT2D eigenvalue weighted by Gasteiger charge is 2.10. The average Bonchev–Trinajstić information content (AvgIpc) is 2.23. The van der Waals surface area contributed by atoms with Crippen LogP contribution in [0, 0.1) is 0 Å². The third kappa shape index (κ3) is 1.74. The van der Waals surface area contributed by atoms with Gasteiger partial charge in [-0.25, -0.2) is 0 Å². The monoisotopic (exact) mass is 203 g/mol. The third-order valence-corrected chi connectivity index (χ3v) is 2.31. The molecular weight excluding hydrogens is 190 g/mol. The van der Waals surface area contributed by atoms with Crippen LogP contribution >= 0.6 is 0 Å². The van der Waals surface area contributed by atoms with Crippen molar-refractivity contribution in [1.29, 1.82) is 0 Å². The first-order chi connectivity index (χ1) is 7.18. The van der Waals surface area contributed by atoms with Crippen LogP contribution in [0.3, 0.4) is 0 Å². The first-order valence-corrected chi connectivity index (χ1v) is 4.67. The summed E-state index contributed by atoms with van der Waals surface area (Å²) >= 11 is 0. The Morgan fingerprint density at radius 1 is 1.20 bits per heavy atom. The number of hydrogen-bond acceptors (Lipinski definition) is 4. The molecule has 2 rings (SSSR count). The van der Waals surface area contributed by atoms with Crippen molar-refractivity contribution in [3.63, 3.8) is 0 Å². The van der Waals surface area contributed by atoms with E-state index in [1.807, 2.05) is 25.1 Å². The van der Waals surface area contributed by atoms with Gasteiger partial charge in [0.1, 0.15) is 11.6 Å². The van der Waals surface area contributed by atoms with E-state index >= 15 is 0 Å². The smallest absolute Gasteiger partial charge is 0.124 e. The zero-order valence-corrected chi connectivity index (χ0v) is 8.41. The molecular formula is C11H13N3O. The first-order valence-electron chi connectivity index (χ1n) is 4.67. The fourth-order valence-corrected chi connectivity index (χ4v) is 1.41. The normalized spacial score (nSPS) is 15.4. The zero-order valence-electron chi connectivity index (χ0n) is 8.41. The molecule has 1 aromatic rings. The standard InChI is InChI=1S/C11H13N3O/c1-7-6-9(13-14-11(7)12)8-4-2-3-5-10(8)15/h2-6,13-15H,12H2,1H3. The van der Waals surface area contributed by atoms with Gasteiger partial charge in [0.05, 0.1) is 5.70 Å². The number of allylic oxidation sites excluding steroid dienone is 2. The van der Waals surface area contributed by atoms with Gasteiger partial charge in [-0.05, 0) is 30.7 Å². The Bertz CT molecular complexity index is 449. The zero-order chi connectivity index (χ0) is 10.8. The van der Waals surface area contributed by atoms with E-state index in [9.17, 15) is 5.11 Å². The maximum atomic E-state index is 9.66. The number of nitrogens with two attached hydrogens (primary N) is 1. The van der Waals surface area contributed by atoms with Crippen LogP contribution < -0.4 is 16.6 Å². The summed E-state index contributed by atoms with van der Waals surface area (Å²) < 4.78 is 0. The molecule has 0 unspecified atom stereocenters. The SMILES string of the molecule is CC1=C(N)NNC(c2ccccc2O)=C1. The van der Waals surface area contributed by atoms with Gasteiger partial charge >= 0.3 is 0 Å². The van der Waals surface area contributed by atoms with E-state index in [4.69, 9.17) is 5.73 Å². The first kappa shape index (κ1) is 9.45. The predicted octanol–water partition coefficient (Wildman–Crippen LogP) is 1.03. The van der Waals surface area contributed by atoms with Gasteiger partial charge in [0.2, 0.25) is 0 Å². The number of phenolic OH excluding ortho intramolecular Hbond substituents is 1. The van der Waals surface area contributed by atoms with Gasteiger partial charge in [0.25, 0.3) is 0 Å². The lowest BCUT2D eigenvalue weighted by atomic mass is 10.1. The van der Waals surface area contributed by atoms with Crippen molar-refractivity contribution in [2.24, 2.45) is 5.73 Å². The minimum absolute atomic E-state index is 0.242. The Hall–Kier alpha value is -2.10. The van der Waals surface area contributed by atoms with E-state index in [0.29, 0.717) is 5.82 Å². The largest absolute Gasteiger partial charge is 0.507 e. The van der Waals surface area contributed by atoms with E-state index < -0.39 is 0 Å². The number of rotatable bonds is 1. The Labute approximate surface area is 88.1 Å².